The quantitative estimate of drug-likeness (QED) is 0.832. The van der Waals surface area contributed by atoms with E-state index in [1.807, 2.05) is 18.3 Å². The molecule has 1 aromatic carbocycles. The van der Waals surface area contributed by atoms with Crippen LogP contribution in [-0.4, -0.2) is 29.2 Å². The number of aromatic nitrogens is 1. The standard InChI is InChI=1S/C22H26N2O3/c1-15-2-4-16(5-3-15)14-27-20-11-19(12-23-13-20)24-9-8-17-10-18(22(25)26)6-7-21(17)24/h6-7,10-13,15-16H,2-5,8-9,14H2,1H3,(H,25,26). The van der Waals surface area contributed by atoms with Gasteiger partial charge in [-0.15, -0.1) is 0 Å². The highest BCUT2D eigenvalue weighted by atomic mass is 16.5. The summed E-state index contributed by atoms with van der Waals surface area (Å²) in [6, 6.07) is 7.37. The van der Waals surface area contributed by atoms with Crippen molar-refractivity contribution in [3.8, 4) is 5.75 Å². The highest BCUT2D eigenvalue weighted by Gasteiger charge is 2.23. The number of hydrogen-bond donors (Lipinski definition) is 1. The zero-order chi connectivity index (χ0) is 18.8. The number of aromatic carboxylic acids is 1. The smallest absolute Gasteiger partial charge is 0.335 e. The van der Waals surface area contributed by atoms with Crippen LogP contribution < -0.4 is 9.64 Å². The Bertz CT molecular complexity index is 828. The van der Waals surface area contributed by atoms with Gasteiger partial charge in [-0.3, -0.25) is 4.98 Å². The first kappa shape index (κ1) is 17.8. The Balaban J connectivity index is 1.45. The fourth-order valence-corrected chi connectivity index (χ4v) is 4.15. The lowest BCUT2D eigenvalue weighted by atomic mass is 9.83. The van der Waals surface area contributed by atoms with E-state index in [2.05, 4.69) is 16.8 Å². The lowest BCUT2D eigenvalue weighted by Crippen LogP contribution is -2.19. The summed E-state index contributed by atoms with van der Waals surface area (Å²) in [6.45, 7) is 3.91. The van der Waals surface area contributed by atoms with Crippen LogP contribution in [0.5, 0.6) is 5.75 Å². The van der Waals surface area contributed by atoms with Crippen LogP contribution in [0.1, 0.15) is 48.5 Å². The van der Waals surface area contributed by atoms with Gasteiger partial charge in [0.15, 0.2) is 0 Å². The molecule has 1 aliphatic heterocycles. The molecule has 142 valence electrons. The molecule has 0 unspecified atom stereocenters. The van der Waals surface area contributed by atoms with Crippen LogP contribution in [0.2, 0.25) is 0 Å². The number of hydrogen-bond acceptors (Lipinski definition) is 4. The van der Waals surface area contributed by atoms with E-state index in [-0.39, 0.29) is 0 Å². The van der Waals surface area contributed by atoms with Crippen molar-refractivity contribution in [2.45, 2.75) is 39.0 Å². The van der Waals surface area contributed by atoms with Gasteiger partial charge in [0.1, 0.15) is 5.75 Å². The second-order valence-corrected chi connectivity index (χ2v) is 7.87. The maximum absolute atomic E-state index is 11.2. The minimum atomic E-state index is -0.884. The molecule has 1 saturated carbocycles. The summed E-state index contributed by atoms with van der Waals surface area (Å²) in [6.07, 6.45) is 9.56. The summed E-state index contributed by atoms with van der Waals surface area (Å²) in [5, 5.41) is 9.18. The fourth-order valence-electron chi connectivity index (χ4n) is 4.15. The second-order valence-electron chi connectivity index (χ2n) is 7.87. The van der Waals surface area contributed by atoms with Gasteiger partial charge in [0, 0.05) is 18.3 Å². The SMILES string of the molecule is CC1CCC(COc2cncc(N3CCc4cc(C(=O)O)ccc43)c2)CC1. The molecule has 0 atom stereocenters. The lowest BCUT2D eigenvalue weighted by Gasteiger charge is -2.26. The number of nitrogens with zero attached hydrogens (tertiary/aromatic N) is 2. The third-order valence-electron chi connectivity index (χ3n) is 5.85. The third kappa shape index (κ3) is 3.92. The minimum Gasteiger partial charge on any atom is -0.492 e. The maximum Gasteiger partial charge on any atom is 0.335 e. The van der Waals surface area contributed by atoms with E-state index < -0.39 is 5.97 Å². The van der Waals surface area contributed by atoms with Gasteiger partial charge >= 0.3 is 5.97 Å². The predicted molar refractivity (Wildman–Crippen MR) is 105 cm³/mol. The van der Waals surface area contributed by atoms with E-state index in [1.165, 1.54) is 25.7 Å². The molecule has 2 aliphatic rings. The molecule has 1 aromatic heterocycles. The molecule has 0 bridgehead atoms. The van der Waals surface area contributed by atoms with E-state index in [4.69, 9.17) is 4.74 Å². The molecule has 27 heavy (non-hydrogen) atoms. The zero-order valence-corrected chi connectivity index (χ0v) is 15.7. The van der Waals surface area contributed by atoms with Crippen molar-refractivity contribution >= 4 is 17.3 Å². The normalized spacial score (nSPS) is 21.7. The molecule has 4 rings (SSSR count). The number of ether oxygens (including phenoxy) is 1. The Hall–Kier alpha value is -2.56. The summed E-state index contributed by atoms with van der Waals surface area (Å²) in [7, 11) is 0. The maximum atomic E-state index is 11.2. The fraction of sp³-hybridized carbons (Fsp3) is 0.455. The monoisotopic (exact) mass is 366 g/mol. The van der Waals surface area contributed by atoms with Gasteiger partial charge in [-0.25, -0.2) is 4.79 Å². The van der Waals surface area contributed by atoms with Crippen molar-refractivity contribution in [2.24, 2.45) is 11.8 Å². The van der Waals surface area contributed by atoms with E-state index in [0.29, 0.717) is 11.5 Å². The number of rotatable bonds is 5. The van der Waals surface area contributed by atoms with Gasteiger partial charge in [0.2, 0.25) is 0 Å². The first-order valence-electron chi connectivity index (χ1n) is 9.82. The van der Waals surface area contributed by atoms with Gasteiger partial charge in [-0.2, -0.15) is 0 Å². The Kier molecular flexibility index (Phi) is 5.01. The van der Waals surface area contributed by atoms with Crippen molar-refractivity contribution in [2.75, 3.05) is 18.1 Å². The van der Waals surface area contributed by atoms with E-state index in [0.717, 1.165) is 48.2 Å². The molecule has 5 heteroatoms. The first-order valence-corrected chi connectivity index (χ1v) is 9.82. The number of pyridine rings is 1. The van der Waals surface area contributed by atoms with Crippen molar-refractivity contribution in [3.05, 3.63) is 47.8 Å². The van der Waals surface area contributed by atoms with E-state index >= 15 is 0 Å². The molecule has 2 heterocycles. The van der Waals surface area contributed by atoms with Crippen molar-refractivity contribution in [1.82, 2.24) is 4.98 Å². The van der Waals surface area contributed by atoms with Gasteiger partial charge < -0.3 is 14.7 Å². The molecular formula is C22H26N2O3. The molecule has 1 N–H and O–H groups in total. The molecular weight excluding hydrogens is 340 g/mol. The third-order valence-corrected chi connectivity index (χ3v) is 5.85. The van der Waals surface area contributed by atoms with Crippen LogP contribution in [0, 0.1) is 11.8 Å². The number of fused-ring (bicyclic) bond motifs is 1. The van der Waals surface area contributed by atoms with Gasteiger partial charge in [0.25, 0.3) is 0 Å². The van der Waals surface area contributed by atoms with E-state index in [9.17, 15) is 9.90 Å². The van der Waals surface area contributed by atoms with Gasteiger partial charge in [0.05, 0.1) is 30.3 Å². The second kappa shape index (κ2) is 7.59. The van der Waals surface area contributed by atoms with Crippen molar-refractivity contribution in [1.29, 1.82) is 0 Å². The topological polar surface area (TPSA) is 62.7 Å². The number of carboxylic acids is 1. The van der Waals surface area contributed by atoms with Crippen LogP contribution in [0.3, 0.4) is 0 Å². The predicted octanol–water partition coefficient (Wildman–Crippen LogP) is 4.68. The molecule has 0 amide bonds. The molecule has 0 saturated heterocycles. The van der Waals surface area contributed by atoms with Gasteiger partial charge in [-0.05, 0) is 54.9 Å². The highest BCUT2D eigenvalue weighted by Crippen LogP contribution is 2.36. The Morgan fingerprint density at radius 3 is 2.81 bits per heavy atom. The summed E-state index contributed by atoms with van der Waals surface area (Å²) in [5.74, 6) is 1.42. The van der Waals surface area contributed by atoms with Crippen LogP contribution in [0.4, 0.5) is 11.4 Å². The largest absolute Gasteiger partial charge is 0.492 e. The zero-order valence-electron chi connectivity index (χ0n) is 15.7. The van der Waals surface area contributed by atoms with Crippen LogP contribution >= 0.6 is 0 Å². The summed E-state index contributed by atoms with van der Waals surface area (Å²) in [5.41, 5.74) is 3.46. The molecule has 1 aliphatic carbocycles. The summed E-state index contributed by atoms with van der Waals surface area (Å²) < 4.78 is 6.05. The van der Waals surface area contributed by atoms with Crippen molar-refractivity contribution in [3.63, 3.8) is 0 Å². The van der Waals surface area contributed by atoms with Crippen molar-refractivity contribution < 1.29 is 14.6 Å². The van der Waals surface area contributed by atoms with Crippen LogP contribution in [0.15, 0.2) is 36.7 Å². The van der Waals surface area contributed by atoms with Crippen LogP contribution in [-0.2, 0) is 6.42 Å². The summed E-state index contributed by atoms with van der Waals surface area (Å²) in [4.78, 5) is 17.7. The lowest BCUT2D eigenvalue weighted by molar-refractivity contribution is 0.0697. The van der Waals surface area contributed by atoms with E-state index in [1.54, 1.807) is 18.3 Å². The summed E-state index contributed by atoms with van der Waals surface area (Å²) >= 11 is 0. The molecule has 5 nitrogen and oxygen atoms in total. The average Bonchev–Trinajstić information content (AvgIpc) is 3.11. The average molecular weight is 366 g/mol. The number of carbonyl (C=O) groups is 1. The molecule has 0 spiro atoms. The first-order chi connectivity index (χ1) is 13.1. The number of anilines is 2. The van der Waals surface area contributed by atoms with Crippen LogP contribution in [0.25, 0.3) is 0 Å². The Morgan fingerprint density at radius 2 is 2.04 bits per heavy atom. The number of carboxylic acid groups (broad SMARTS) is 1. The Labute approximate surface area is 160 Å². The molecule has 1 fully saturated rings. The molecule has 2 aromatic rings. The number of benzene rings is 1. The Morgan fingerprint density at radius 1 is 1.22 bits per heavy atom. The minimum absolute atomic E-state index is 0.340. The molecule has 0 radical (unpaired) electrons. The van der Waals surface area contributed by atoms with Gasteiger partial charge in [-0.1, -0.05) is 19.8 Å². The highest BCUT2D eigenvalue weighted by molar-refractivity contribution is 5.89.